The molecule has 3 unspecified atom stereocenters. The van der Waals surface area contributed by atoms with Gasteiger partial charge in [0.1, 0.15) is 36.6 Å². The quantitative estimate of drug-likeness (QED) is 0.162. The van der Waals surface area contributed by atoms with Gasteiger partial charge in [-0.1, -0.05) is 33.9 Å². The van der Waals surface area contributed by atoms with Crippen molar-refractivity contribution < 1.29 is 81.3 Å². The zero-order valence-electron chi connectivity index (χ0n) is 43.9. The van der Waals surface area contributed by atoms with Crippen molar-refractivity contribution in [1.82, 2.24) is 0 Å². The Hall–Kier alpha value is -1.65. The fourth-order valence-electron chi connectivity index (χ4n) is 16.1. The van der Waals surface area contributed by atoms with E-state index in [4.69, 9.17) is 66.3 Å². The molecule has 27 atom stereocenters. The number of carbonyl (C=O) groups excluding carboxylic acids is 1. The van der Waals surface area contributed by atoms with Gasteiger partial charge in [0.2, 0.25) is 0 Å². The van der Waals surface area contributed by atoms with Crippen molar-refractivity contribution in [3.8, 4) is 0 Å². The topological polar surface area (TPSA) is 187 Å². The molecule has 0 saturated carbocycles. The Bertz CT molecular complexity index is 2060. The number of rotatable bonds is 13. The first-order chi connectivity index (χ1) is 35.8. The van der Waals surface area contributed by atoms with E-state index in [1.807, 2.05) is 0 Å². The van der Waals surface area contributed by atoms with Crippen LogP contribution in [0.5, 0.6) is 0 Å². The molecule has 74 heavy (non-hydrogen) atoms. The van der Waals surface area contributed by atoms with Gasteiger partial charge in [0, 0.05) is 51.4 Å². The predicted molar refractivity (Wildman–Crippen MR) is 262 cm³/mol. The average molecular weight is 1040 g/mol. The summed E-state index contributed by atoms with van der Waals surface area (Å²) in [6, 6.07) is 0. The first-order valence-electron chi connectivity index (χ1n) is 29.2. The molecular weight excluding hydrogens is 957 g/mol. The molecule has 17 heteroatoms. The molecule has 1 spiro atoms. The number of aliphatic hydroxyl groups is 2. The fourth-order valence-corrected chi connectivity index (χ4v) is 16.1. The molecule has 14 aliphatic heterocycles. The van der Waals surface area contributed by atoms with Crippen LogP contribution in [0, 0.1) is 11.8 Å². The van der Waals surface area contributed by atoms with E-state index in [1.54, 1.807) is 0 Å². The number of aliphatic hydroxyl groups excluding tert-OH is 2. The highest BCUT2D eigenvalue weighted by atomic mass is 16.8. The molecule has 14 fully saturated rings. The maximum atomic E-state index is 13.7. The molecular formula is C57H84O17. The van der Waals surface area contributed by atoms with Crippen molar-refractivity contribution in [3.63, 3.8) is 0 Å². The largest absolute Gasteiger partial charge is 0.460 e. The van der Waals surface area contributed by atoms with Gasteiger partial charge >= 0.3 is 5.97 Å². The van der Waals surface area contributed by atoms with Crippen molar-refractivity contribution in [2.45, 2.75) is 301 Å². The standard InChI is InChI=1S/C57H84O17/c1-6-39-31(5)28(2)17-32(62-39)7-10-40-29(3)18-34(63-40)13-15-57-25-48-52(73-57)53-54(70-48)55(74-57)51-41(69-53)11-8-33(66-51)22-49(60)65-37-21-45-44(61-27-37)23-47-46(68-45)20-36(64-47)19-43-38(59)14-16-56(72-43)24-30(4)50-42(71-56)12-9-35(26-58)67-50/h28,30,32-48,50-55,58-59H,3,5-27H2,1-2,4H3/t28-,30+,32+,33-,34+,35+,36+,37-,38+,39-,40+,41+,42+,43+,44+,45?,46?,47-,48-,50+,51+,52+,53+,54?,55+,56+,57+/m1/s1. The number of esters is 1. The Labute approximate surface area is 436 Å². The first-order valence-corrected chi connectivity index (χ1v) is 29.2. The van der Waals surface area contributed by atoms with E-state index in [1.165, 1.54) is 5.57 Å². The second-order valence-corrected chi connectivity index (χ2v) is 25.1. The van der Waals surface area contributed by atoms with Gasteiger partial charge in [0.15, 0.2) is 11.6 Å². The SMILES string of the molecule is C=C1C[C@H](CC[C@@]23C[C@H]4OC5[C@@H](O[C@H]6CC[C@H](CC(=O)O[C@H]7CO[C@H]8C[C@H]9O[C@@H](C[C@@H]%10O[C@@]%11(CC[C@@H]%10O)C[C@H](C)[C@@H]%10O[C@H](CO)CC[C@@H]%10O%11)CC9OC8C7)O[C@@H]6[C@@H]5O2)[C@H]4O3)O[C@H]1CC[C@H]1C[C@@H](C)C(=C)[C@@H](CC)O1. The van der Waals surface area contributed by atoms with E-state index in [0.717, 1.165) is 63.4 Å². The molecule has 6 bridgehead atoms. The second-order valence-electron chi connectivity index (χ2n) is 25.1. The summed E-state index contributed by atoms with van der Waals surface area (Å²) in [5.41, 5.74) is 2.37. The average Bonchev–Trinajstić information content (AvgIpc) is 4.10. The maximum Gasteiger partial charge on any atom is 0.308 e. The second kappa shape index (κ2) is 20.8. The summed E-state index contributed by atoms with van der Waals surface area (Å²) in [7, 11) is 0. The Morgan fingerprint density at radius 2 is 1.42 bits per heavy atom. The van der Waals surface area contributed by atoms with Gasteiger partial charge in [-0.25, -0.2) is 0 Å². The van der Waals surface area contributed by atoms with Gasteiger partial charge in [-0.15, -0.1) is 0 Å². The molecule has 14 rings (SSSR count). The molecule has 0 aromatic carbocycles. The number of hydrogen-bond donors (Lipinski definition) is 2. The molecule has 2 N–H and O–H groups in total. The number of ether oxygens (including phenoxy) is 14. The molecule has 0 radical (unpaired) electrons. The van der Waals surface area contributed by atoms with E-state index in [0.29, 0.717) is 76.7 Å². The number of fused-ring (bicyclic) bond motifs is 4. The van der Waals surface area contributed by atoms with E-state index in [-0.39, 0.29) is 141 Å². The van der Waals surface area contributed by atoms with Crippen LogP contribution in [0.2, 0.25) is 0 Å². The summed E-state index contributed by atoms with van der Waals surface area (Å²) in [6.45, 7) is 15.7. The van der Waals surface area contributed by atoms with Crippen LogP contribution in [0.15, 0.2) is 24.3 Å². The number of carbonyl (C=O) groups is 1. The summed E-state index contributed by atoms with van der Waals surface area (Å²) < 4.78 is 92.5. The molecule has 14 heterocycles. The third kappa shape index (κ3) is 9.96. The Morgan fingerprint density at radius 1 is 0.649 bits per heavy atom. The van der Waals surface area contributed by atoms with E-state index in [2.05, 4.69) is 33.9 Å². The molecule has 0 amide bonds. The van der Waals surface area contributed by atoms with Crippen LogP contribution in [-0.4, -0.2) is 181 Å². The van der Waals surface area contributed by atoms with Crippen molar-refractivity contribution in [3.05, 3.63) is 24.3 Å². The molecule has 0 aromatic rings. The van der Waals surface area contributed by atoms with Crippen molar-refractivity contribution in [2.75, 3.05) is 13.2 Å². The lowest BCUT2D eigenvalue weighted by Crippen LogP contribution is -2.61. The minimum atomic E-state index is -0.823. The van der Waals surface area contributed by atoms with Crippen LogP contribution >= 0.6 is 0 Å². The van der Waals surface area contributed by atoms with E-state index in [9.17, 15) is 15.0 Å². The van der Waals surface area contributed by atoms with Gasteiger partial charge < -0.3 is 76.5 Å². The third-order valence-electron chi connectivity index (χ3n) is 19.9. The lowest BCUT2D eigenvalue weighted by molar-refractivity contribution is -0.365. The van der Waals surface area contributed by atoms with Crippen LogP contribution < -0.4 is 0 Å². The lowest BCUT2D eigenvalue weighted by Gasteiger charge is -2.53. The van der Waals surface area contributed by atoms with Gasteiger partial charge in [-0.2, -0.15) is 0 Å². The summed E-state index contributed by atoms with van der Waals surface area (Å²) in [6.07, 6.45) is 9.98. The molecule has 414 valence electrons. The minimum Gasteiger partial charge on any atom is -0.460 e. The van der Waals surface area contributed by atoms with Gasteiger partial charge in [-0.3, -0.25) is 4.79 Å². The highest BCUT2D eigenvalue weighted by Gasteiger charge is 2.69. The molecule has 14 saturated heterocycles. The summed E-state index contributed by atoms with van der Waals surface area (Å²) >= 11 is 0. The highest BCUT2D eigenvalue weighted by molar-refractivity contribution is 5.70. The molecule has 0 aromatic heterocycles. The lowest BCUT2D eigenvalue weighted by atomic mass is 9.81. The minimum absolute atomic E-state index is 0.0220. The van der Waals surface area contributed by atoms with Gasteiger partial charge in [0.25, 0.3) is 0 Å². The van der Waals surface area contributed by atoms with Crippen LogP contribution in [0.1, 0.15) is 149 Å². The van der Waals surface area contributed by atoms with Crippen LogP contribution in [0.25, 0.3) is 0 Å². The fraction of sp³-hybridized carbons (Fsp3) is 0.912. The highest BCUT2D eigenvalue weighted by Crippen LogP contribution is 2.55. The smallest absolute Gasteiger partial charge is 0.308 e. The monoisotopic (exact) mass is 1040 g/mol. The third-order valence-corrected chi connectivity index (χ3v) is 19.9. The zero-order chi connectivity index (χ0) is 50.6. The van der Waals surface area contributed by atoms with Crippen molar-refractivity contribution in [2.24, 2.45) is 11.8 Å². The van der Waals surface area contributed by atoms with Crippen molar-refractivity contribution in [1.29, 1.82) is 0 Å². The summed E-state index contributed by atoms with van der Waals surface area (Å²) in [5.74, 6) is -1.23. The van der Waals surface area contributed by atoms with Crippen molar-refractivity contribution >= 4 is 5.97 Å². The maximum absolute atomic E-state index is 13.7. The van der Waals surface area contributed by atoms with E-state index >= 15 is 0 Å². The Kier molecular flexibility index (Phi) is 14.5. The van der Waals surface area contributed by atoms with Crippen LogP contribution in [-0.2, 0) is 71.1 Å². The Balaban J connectivity index is 0.569. The summed E-state index contributed by atoms with van der Waals surface area (Å²) in [4.78, 5) is 13.7. The first kappa shape index (κ1) is 51.8. The van der Waals surface area contributed by atoms with Crippen LogP contribution in [0.4, 0.5) is 0 Å². The van der Waals surface area contributed by atoms with Gasteiger partial charge in [0.05, 0.1) is 123 Å². The predicted octanol–water partition coefficient (Wildman–Crippen LogP) is 5.98. The normalized spacial score (nSPS) is 53.3. The molecule has 0 aliphatic carbocycles. The van der Waals surface area contributed by atoms with Crippen LogP contribution in [0.3, 0.4) is 0 Å². The van der Waals surface area contributed by atoms with E-state index < -0.39 is 36.0 Å². The molecule has 17 nitrogen and oxygen atoms in total. The van der Waals surface area contributed by atoms with Gasteiger partial charge in [-0.05, 0) is 93.6 Å². The molecule has 14 aliphatic rings. The summed E-state index contributed by atoms with van der Waals surface area (Å²) in [5, 5.41) is 20.9. The Morgan fingerprint density at radius 3 is 2.28 bits per heavy atom. The number of hydrogen-bond acceptors (Lipinski definition) is 17. The zero-order valence-corrected chi connectivity index (χ0v) is 43.9.